The van der Waals surface area contributed by atoms with E-state index in [1.54, 1.807) is 17.7 Å². The number of esters is 1. The Hall–Kier alpha value is -4.53. The minimum Gasteiger partial charge on any atom is -0.464 e. The van der Waals surface area contributed by atoms with Gasteiger partial charge in [-0.05, 0) is 38.0 Å². The van der Waals surface area contributed by atoms with Gasteiger partial charge in [0, 0.05) is 30.4 Å². The molecule has 1 amide bonds. The summed E-state index contributed by atoms with van der Waals surface area (Å²) < 4.78 is 47.7. The number of hydrazone groups is 1. The highest BCUT2D eigenvalue weighted by molar-refractivity contribution is 6.03. The van der Waals surface area contributed by atoms with Gasteiger partial charge < -0.3 is 15.9 Å². The van der Waals surface area contributed by atoms with Gasteiger partial charge in [-0.15, -0.1) is 0 Å². The molecule has 12 nitrogen and oxygen atoms in total. The summed E-state index contributed by atoms with van der Waals surface area (Å²) in [6, 6.07) is 5.27. The fourth-order valence-corrected chi connectivity index (χ4v) is 3.66. The molecule has 0 aromatic carbocycles. The number of rotatable bonds is 8. The molecule has 1 fully saturated rings. The van der Waals surface area contributed by atoms with Gasteiger partial charge in [0.1, 0.15) is 23.8 Å². The number of carbonyl (C=O) groups excluding carboxylic acids is 2. The third kappa shape index (κ3) is 6.49. The zero-order valence-corrected chi connectivity index (χ0v) is 21.0. The lowest BCUT2D eigenvalue weighted by molar-refractivity contribution is -0.142. The molecule has 15 heteroatoms. The number of pyridine rings is 2. The molecular formula is C24H26F3N9O3. The number of carbonyl (C=O) groups is 2. The number of amides is 1. The van der Waals surface area contributed by atoms with Gasteiger partial charge in [0.05, 0.1) is 23.8 Å². The average Bonchev–Trinajstić information content (AvgIpc) is 3.63. The monoisotopic (exact) mass is 545 g/mol. The quantitative estimate of drug-likeness (QED) is 0.127. The van der Waals surface area contributed by atoms with Crippen LogP contribution in [-0.2, 0) is 15.7 Å². The van der Waals surface area contributed by atoms with Gasteiger partial charge in [-0.2, -0.15) is 23.4 Å². The van der Waals surface area contributed by atoms with Crippen LogP contribution >= 0.6 is 0 Å². The summed E-state index contributed by atoms with van der Waals surface area (Å²) in [4.78, 5) is 32.1. The van der Waals surface area contributed by atoms with Gasteiger partial charge in [0.25, 0.3) is 5.91 Å². The minimum atomic E-state index is -4.69. The SMILES string of the molecule is CC(=O)OCC(C)N(N)/C(=N\N)c1cccc(NC(=O)c2cc(-c3cnn(C4CC4)c3)c(C(F)(F)F)cn2)n1. The molecule has 1 saturated carbocycles. The predicted octanol–water partition coefficient (Wildman–Crippen LogP) is 2.69. The van der Waals surface area contributed by atoms with E-state index in [0.29, 0.717) is 6.20 Å². The molecule has 5 N–H and O–H groups in total. The van der Waals surface area contributed by atoms with Crippen molar-refractivity contribution in [3.8, 4) is 11.1 Å². The van der Waals surface area contributed by atoms with Crippen molar-refractivity contribution in [2.75, 3.05) is 11.9 Å². The molecule has 1 aliphatic carbocycles. The second kappa shape index (κ2) is 11.1. The Bertz CT molecular complexity index is 1400. The van der Waals surface area contributed by atoms with Crippen LogP contribution in [0.2, 0.25) is 0 Å². The molecule has 39 heavy (non-hydrogen) atoms. The van der Waals surface area contributed by atoms with Crippen molar-refractivity contribution < 1.29 is 27.5 Å². The van der Waals surface area contributed by atoms with Crippen molar-refractivity contribution in [2.24, 2.45) is 16.8 Å². The van der Waals surface area contributed by atoms with E-state index in [1.165, 1.54) is 31.5 Å². The first-order valence-corrected chi connectivity index (χ1v) is 11.8. The highest BCUT2D eigenvalue weighted by Gasteiger charge is 2.35. The third-order valence-corrected chi connectivity index (χ3v) is 5.86. The van der Waals surface area contributed by atoms with Gasteiger partial charge in [-0.1, -0.05) is 6.07 Å². The number of nitrogens with zero attached hydrogens (tertiary/aromatic N) is 6. The Morgan fingerprint density at radius 3 is 2.67 bits per heavy atom. The Labute approximate surface area is 220 Å². The maximum Gasteiger partial charge on any atom is 0.418 e. The van der Waals surface area contributed by atoms with Crippen LogP contribution in [0.3, 0.4) is 0 Å². The van der Waals surface area contributed by atoms with E-state index in [1.807, 2.05) is 0 Å². The van der Waals surface area contributed by atoms with E-state index in [9.17, 15) is 22.8 Å². The van der Waals surface area contributed by atoms with Crippen molar-refractivity contribution in [1.82, 2.24) is 24.8 Å². The molecule has 0 aliphatic heterocycles. The summed E-state index contributed by atoms with van der Waals surface area (Å²) >= 11 is 0. The summed E-state index contributed by atoms with van der Waals surface area (Å²) in [7, 11) is 0. The molecule has 1 atom stereocenters. The van der Waals surface area contributed by atoms with Gasteiger partial charge in [0.15, 0.2) is 5.84 Å². The largest absolute Gasteiger partial charge is 0.464 e. The minimum absolute atomic E-state index is 0.0355. The molecule has 0 radical (unpaired) electrons. The van der Waals surface area contributed by atoms with Crippen LogP contribution in [0.25, 0.3) is 11.1 Å². The third-order valence-electron chi connectivity index (χ3n) is 5.86. The first kappa shape index (κ1) is 27.5. The van der Waals surface area contributed by atoms with Gasteiger partial charge >= 0.3 is 12.1 Å². The van der Waals surface area contributed by atoms with E-state index < -0.39 is 29.7 Å². The molecule has 1 unspecified atom stereocenters. The Kier molecular flexibility index (Phi) is 7.80. The Morgan fingerprint density at radius 1 is 1.28 bits per heavy atom. The van der Waals surface area contributed by atoms with Crippen LogP contribution in [0.4, 0.5) is 19.0 Å². The summed E-state index contributed by atoms with van der Waals surface area (Å²) in [6.45, 7) is 2.89. The molecular weight excluding hydrogens is 519 g/mol. The second-order valence-corrected chi connectivity index (χ2v) is 8.93. The number of nitrogens with one attached hydrogen (secondary N) is 1. The molecule has 0 bridgehead atoms. The fraction of sp³-hybridized carbons (Fsp3) is 0.333. The van der Waals surface area contributed by atoms with E-state index in [2.05, 4.69) is 25.5 Å². The topological polar surface area (TPSA) is 167 Å². The van der Waals surface area contributed by atoms with Crippen LogP contribution in [0.5, 0.6) is 0 Å². The van der Waals surface area contributed by atoms with Crippen molar-refractivity contribution in [2.45, 2.75) is 44.9 Å². The number of hydrogen-bond donors (Lipinski definition) is 3. The van der Waals surface area contributed by atoms with Gasteiger partial charge in [-0.25, -0.2) is 10.8 Å². The predicted molar refractivity (Wildman–Crippen MR) is 134 cm³/mol. The van der Waals surface area contributed by atoms with E-state index in [0.717, 1.165) is 23.9 Å². The number of amidine groups is 1. The highest BCUT2D eigenvalue weighted by Crippen LogP contribution is 2.39. The van der Waals surface area contributed by atoms with Crippen molar-refractivity contribution >= 4 is 23.5 Å². The summed E-state index contributed by atoms with van der Waals surface area (Å²) in [5.41, 5.74) is -1.05. The van der Waals surface area contributed by atoms with E-state index in [-0.39, 0.29) is 46.8 Å². The number of ether oxygens (including phenoxy) is 1. The van der Waals surface area contributed by atoms with Crippen molar-refractivity contribution in [3.63, 3.8) is 0 Å². The number of alkyl halides is 3. The average molecular weight is 546 g/mol. The van der Waals surface area contributed by atoms with Gasteiger partial charge in [0.2, 0.25) is 0 Å². The molecule has 3 heterocycles. The Morgan fingerprint density at radius 2 is 2.03 bits per heavy atom. The van der Waals surface area contributed by atoms with Crippen LogP contribution in [0, 0.1) is 0 Å². The fourth-order valence-electron chi connectivity index (χ4n) is 3.66. The van der Waals surface area contributed by atoms with Crippen molar-refractivity contribution in [3.05, 3.63) is 59.8 Å². The summed E-state index contributed by atoms with van der Waals surface area (Å²) in [6.07, 6.45) is 0.625. The molecule has 3 aromatic heterocycles. The lowest BCUT2D eigenvalue weighted by Crippen LogP contribution is -2.47. The van der Waals surface area contributed by atoms with E-state index >= 15 is 0 Å². The van der Waals surface area contributed by atoms with Crippen molar-refractivity contribution in [1.29, 1.82) is 0 Å². The molecule has 0 spiro atoms. The van der Waals surface area contributed by atoms with Crippen LogP contribution in [0.1, 0.15) is 54.5 Å². The summed E-state index contributed by atoms with van der Waals surface area (Å²) in [5, 5.41) is 11.5. The standard InChI is InChI=1S/C24H26F3N9O3/c1-13(12-39-14(2)37)36(29)22(34-28)19-4-3-5-21(32-19)33-23(38)20-8-17(18(10-30-20)24(25,26)27)15-9-31-35(11-15)16-6-7-16/h3-5,8-11,13,16H,6-7,12,28-29H2,1-2H3,(H,32,33,38)/b34-22-. The highest BCUT2D eigenvalue weighted by atomic mass is 19.4. The number of hydrogen-bond acceptors (Lipinski definition) is 9. The van der Waals surface area contributed by atoms with Gasteiger partial charge in [-0.3, -0.25) is 24.3 Å². The Balaban J connectivity index is 1.56. The maximum absolute atomic E-state index is 13.7. The lowest BCUT2D eigenvalue weighted by atomic mass is 10.0. The first-order chi connectivity index (χ1) is 18.5. The zero-order chi connectivity index (χ0) is 28.3. The van der Waals surface area contributed by atoms with Crippen LogP contribution in [0.15, 0.2) is 48.0 Å². The lowest BCUT2D eigenvalue weighted by Gasteiger charge is -2.26. The zero-order valence-electron chi connectivity index (χ0n) is 21.0. The number of halogens is 3. The number of anilines is 1. The molecule has 206 valence electrons. The molecule has 1 aliphatic rings. The second-order valence-electron chi connectivity index (χ2n) is 8.93. The number of hydrazine groups is 1. The molecule has 0 saturated heterocycles. The molecule has 3 aromatic rings. The van der Waals surface area contributed by atoms with Crippen LogP contribution < -0.4 is 17.0 Å². The van der Waals surface area contributed by atoms with E-state index in [4.69, 9.17) is 16.4 Å². The molecule has 4 rings (SSSR count). The number of aromatic nitrogens is 4. The maximum atomic E-state index is 13.7. The van der Waals surface area contributed by atoms with Crippen LogP contribution in [-0.4, -0.2) is 55.1 Å². The first-order valence-electron chi connectivity index (χ1n) is 11.8. The summed E-state index contributed by atoms with van der Waals surface area (Å²) in [5.74, 6) is 10.4. The smallest absolute Gasteiger partial charge is 0.418 e. The number of nitrogens with two attached hydrogens (primary N) is 2. The normalized spacial score (nSPS) is 14.6.